The highest BCUT2D eigenvalue weighted by Gasteiger charge is 1.97. The number of fused-ring (bicyclic) bond motifs is 1. The fraction of sp³-hybridized carbons (Fsp3) is 0. The lowest BCUT2D eigenvalue weighted by Crippen LogP contribution is -1.94. The second-order valence-corrected chi connectivity index (χ2v) is 3.22. The molecule has 0 radical (unpaired) electrons. The number of carboxylic acid groups (broad SMARTS) is 1. The van der Waals surface area contributed by atoms with Gasteiger partial charge in [-0.25, -0.2) is 9.59 Å². The molecular weight excluding hydrogens is 208 g/mol. The van der Waals surface area contributed by atoms with Gasteiger partial charge < -0.3 is 9.52 Å². The Bertz CT molecular complexity index is 622. The summed E-state index contributed by atoms with van der Waals surface area (Å²) in [5.41, 5.74) is 0.691. The van der Waals surface area contributed by atoms with Gasteiger partial charge in [-0.05, 0) is 23.8 Å². The van der Waals surface area contributed by atoms with Crippen LogP contribution in [-0.2, 0) is 4.79 Å². The van der Waals surface area contributed by atoms with Crippen molar-refractivity contribution in [3.05, 3.63) is 52.4 Å². The quantitative estimate of drug-likeness (QED) is 0.614. The van der Waals surface area contributed by atoms with Crippen LogP contribution in [0.5, 0.6) is 0 Å². The summed E-state index contributed by atoms with van der Waals surface area (Å²) in [5, 5.41) is 9.27. The first kappa shape index (κ1) is 10.2. The number of rotatable bonds is 2. The van der Waals surface area contributed by atoms with E-state index in [1.165, 1.54) is 12.1 Å². The van der Waals surface area contributed by atoms with Crippen LogP contribution in [0, 0.1) is 0 Å². The van der Waals surface area contributed by atoms with E-state index in [-0.39, 0.29) is 0 Å². The molecule has 0 amide bonds. The molecule has 80 valence electrons. The van der Waals surface area contributed by atoms with Crippen LogP contribution in [0.15, 0.2) is 45.6 Å². The summed E-state index contributed by atoms with van der Waals surface area (Å²) in [6, 6.07) is 8.14. The van der Waals surface area contributed by atoms with Crippen molar-refractivity contribution < 1.29 is 14.3 Å². The molecule has 0 bridgehead atoms. The Labute approximate surface area is 90.4 Å². The zero-order valence-electron chi connectivity index (χ0n) is 8.21. The molecular formula is C12H8O4. The maximum Gasteiger partial charge on any atom is 0.336 e. The highest BCUT2D eigenvalue weighted by Crippen LogP contribution is 2.14. The third-order valence-electron chi connectivity index (χ3n) is 2.07. The summed E-state index contributed by atoms with van der Waals surface area (Å²) in [6.07, 6.45) is 2.47. The van der Waals surface area contributed by atoms with Crippen LogP contribution < -0.4 is 5.63 Å². The van der Waals surface area contributed by atoms with Crippen molar-refractivity contribution in [2.24, 2.45) is 0 Å². The lowest BCUT2D eigenvalue weighted by atomic mass is 10.1. The molecule has 0 aliphatic heterocycles. The summed E-state index contributed by atoms with van der Waals surface area (Å²) in [4.78, 5) is 21.3. The molecule has 0 aliphatic rings. The Morgan fingerprint density at radius 1 is 1.25 bits per heavy atom. The van der Waals surface area contributed by atoms with Gasteiger partial charge in [0.25, 0.3) is 0 Å². The SMILES string of the molecule is O=C(O)C=Cc1ccc2ccc(=O)oc2c1. The van der Waals surface area contributed by atoms with Gasteiger partial charge in [0.1, 0.15) is 5.58 Å². The molecule has 1 N–H and O–H groups in total. The van der Waals surface area contributed by atoms with Crippen LogP contribution in [0.4, 0.5) is 0 Å². The molecule has 4 heteroatoms. The first-order chi connectivity index (χ1) is 7.65. The zero-order valence-corrected chi connectivity index (χ0v) is 8.21. The Hall–Kier alpha value is -2.36. The van der Waals surface area contributed by atoms with E-state index in [0.717, 1.165) is 11.5 Å². The van der Waals surface area contributed by atoms with Crippen molar-refractivity contribution in [2.45, 2.75) is 0 Å². The highest BCUT2D eigenvalue weighted by atomic mass is 16.4. The van der Waals surface area contributed by atoms with E-state index in [9.17, 15) is 9.59 Å². The molecule has 4 nitrogen and oxygen atoms in total. The van der Waals surface area contributed by atoms with Crippen molar-refractivity contribution in [1.82, 2.24) is 0 Å². The van der Waals surface area contributed by atoms with Gasteiger partial charge in [-0.2, -0.15) is 0 Å². The van der Waals surface area contributed by atoms with Crippen molar-refractivity contribution in [3.8, 4) is 0 Å². The molecule has 0 fully saturated rings. The summed E-state index contributed by atoms with van der Waals surface area (Å²) in [5.74, 6) is -1.02. The van der Waals surface area contributed by atoms with E-state index in [1.54, 1.807) is 24.3 Å². The number of benzene rings is 1. The highest BCUT2D eigenvalue weighted by molar-refractivity contribution is 5.86. The Morgan fingerprint density at radius 2 is 2.00 bits per heavy atom. The van der Waals surface area contributed by atoms with Gasteiger partial charge in [0.05, 0.1) is 0 Å². The summed E-state index contributed by atoms with van der Waals surface area (Å²) < 4.78 is 4.97. The van der Waals surface area contributed by atoms with Crippen LogP contribution in [0.2, 0.25) is 0 Å². The van der Waals surface area contributed by atoms with Crippen molar-refractivity contribution >= 4 is 23.0 Å². The Kier molecular flexibility index (Phi) is 2.55. The van der Waals surface area contributed by atoms with Gasteiger partial charge in [0.2, 0.25) is 0 Å². The lowest BCUT2D eigenvalue weighted by Gasteiger charge is -1.97. The van der Waals surface area contributed by atoms with E-state index in [1.807, 2.05) is 0 Å². The third-order valence-corrected chi connectivity index (χ3v) is 2.07. The van der Waals surface area contributed by atoms with Crippen LogP contribution in [0.25, 0.3) is 17.0 Å². The van der Waals surface area contributed by atoms with E-state index >= 15 is 0 Å². The molecule has 1 aromatic heterocycles. The Balaban J connectivity index is 2.50. The fourth-order valence-electron chi connectivity index (χ4n) is 1.35. The molecule has 0 saturated carbocycles. The molecule has 0 unspecified atom stereocenters. The maximum atomic E-state index is 11.0. The van der Waals surface area contributed by atoms with Gasteiger partial charge >= 0.3 is 11.6 Å². The standard InChI is InChI=1S/C12H8O4/c13-11(14)5-2-8-1-3-9-4-6-12(15)16-10(9)7-8/h1-7H,(H,13,14). The van der Waals surface area contributed by atoms with E-state index in [0.29, 0.717) is 11.1 Å². The van der Waals surface area contributed by atoms with Gasteiger partial charge in [-0.15, -0.1) is 0 Å². The van der Waals surface area contributed by atoms with Gasteiger partial charge in [0, 0.05) is 17.5 Å². The molecule has 0 aliphatic carbocycles. The number of hydrogen-bond donors (Lipinski definition) is 1. The van der Waals surface area contributed by atoms with Crippen molar-refractivity contribution in [2.75, 3.05) is 0 Å². The second-order valence-electron chi connectivity index (χ2n) is 3.22. The van der Waals surface area contributed by atoms with E-state index in [4.69, 9.17) is 9.52 Å². The topological polar surface area (TPSA) is 67.5 Å². The fourth-order valence-corrected chi connectivity index (χ4v) is 1.35. The van der Waals surface area contributed by atoms with Crippen LogP contribution in [0.1, 0.15) is 5.56 Å². The van der Waals surface area contributed by atoms with Crippen molar-refractivity contribution in [1.29, 1.82) is 0 Å². The maximum absolute atomic E-state index is 11.0. The summed E-state index contributed by atoms with van der Waals surface area (Å²) in [7, 11) is 0. The number of aliphatic carboxylic acids is 1. The van der Waals surface area contributed by atoms with Gasteiger partial charge in [0.15, 0.2) is 0 Å². The monoisotopic (exact) mass is 216 g/mol. The molecule has 2 aromatic rings. The molecule has 2 rings (SSSR count). The minimum Gasteiger partial charge on any atom is -0.478 e. The lowest BCUT2D eigenvalue weighted by molar-refractivity contribution is -0.131. The molecule has 0 spiro atoms. The second kappa shape index (κ2) is 4.02. The summed E-state index contributed by atoms with van der Waals surface area (Å²) in [6.45, 7) is 0. The minimum absolute atomic E-state index is 0.424. The number of carbonyl (C=O) groups is 1. The average Bonchev–Trinajstić information content (AvgIpc) is 2.25. The smallest absolute Gasteiger partial charge is 0.336 e. The molecule has 0 atom stereocenters. The predicted molar refractivity (Wildman–Crippen MR) is 59.2 cm³/mol. The van der Waals surface area contributed by atoms with Gasteiger partial charge in [-0.1, -0.05) is 12.1 Å². The first-order valence-electron chi connectivity index (χ1n) is 4.60. The van der Waals surface area contributed by atoms with Crippen LogP contribution in [0.3, 0.4) is 0 Å². The van der Waals surface area contributed by atoms with Crippen LogP contribution in [-0.4, -0.2) is 11.1 Å². The van der Waals surface area contributed by atoms with Crippen molar-refractivity contribution in [3.63, 3.8) is 0 Å². The van der Waals surface area contributed by atoms with Crippen LogP contribution >= 0.6 is 0 Å². The summed E-state index contributed by atoms with van der Waals surface area (Å²) >= 11 is 0. The zero-order chi connectivity index (χ0) is 11.5. The van der Waals surface area contributed by atoms with E-state index in [2.05, 4.69) is 0 Å². The van der Waals surface area contributed by atoms with E-state index < -0.39 is 11.6 Å². The number of carboxylic acids is 1. The Morgan fingerprint density at radius 3 is 2.75 bits per heavy atom. The molecule has 16 heavy (non-hydrogen) atoms. The predicted octanol–water partition coefficient (Wildman–Crippen LogP) is 1.89. The number of hydrogen-bond acceptors (Lipinski definition) is 3. The largest absolute Gasteiger partial charge is 0.478 e. The minimum atomic E-state index is -1.02. The molecule has 0 saturated heterocycles. The van der Waals surface area contributed by atoms with Gasteiger partial charge in [-0.3, -0.25) is 0 Å². The first-order valence-corrected chi connectivity index (χ1v) is 4.60. The third kappa shape index (κ3) is 2.17. The average molecular weight is 216 g/mol. The molecule has 1 heterocycles. The molecule has 1 aromatic carbocycles. The normalized spacial score (nSPS) is 11.0.